The highest BCUT2D eigenvalue weighted by Crippen LogP contribution is 2.08. The number of amides is 1. The van der Waals surface area contributed by atoms with Gasteiger partial charge in [-0.15, -0.1) is 0 Å². The molecule has 1 radical (unpaired) electrons. The summed E-state index contributed by atoms with van der Waals surface area (Å²) in [5.41, 5.74) is 0. The van der Waals surface area contributed by atoms with Crippen molar-refractivity contribution in [2.45, 2.75) is 77.6 Å². The Morgan fingerprint density at radius 2 is 1.48 bits per heavy atom. The Bertz CT molecular complexity index is 342. The van der Waals surface area contributed by atoms with Gasteiger partial charge in [-0.25, -0.2) is 0 Å². The van der Waals surface area contributed by atoms with E-state index in [0.29, 0.717) is 13.0 Å². The van der Waals surface area contributed by atoms with Crippen molar-refractivity contribution < 1.29 is 4.79 Å². The van der Waals surface area contributed by atoms with Gasteiger partial charge in [0.05, 0.1) is 0 Å². The van der Waals surface area contributed by atoms with E-state index in [2.05, 4.69) is 55.6 Å². The molecule has 0 aromatic heterocycles. The summed E-state index contributed by atoms with van der Waals surface area (Å²) in [4.78, 5) is 11.4. The Morgan fingerprint density at radius 1 is 0.870 bits per heavy atom. The van der Waals surface area contributed by atoms with Crippen LogP contribution in [-0.2, 0) is 4.79 Å². The number of carbonyl (C=O) groups excluding carboxylic acids is 1. The van der Waals surface area contributed by atoms with Crippen LogP contribution in [0.5, 0.6) is 0 Å². The highest BCUT2D eigenvalue weighted by atomic mass is 16.1. The predicted octanol–water partition coefficient (Wildman–Crippen LogP) is 5.92. The molecule has 0 spiro atoms. The molecule has 0 aliphatic rings. The van der Waals surface area contributed by atoms with Gasteiger partial charge in [-0.05, 0) is 44.9 Å². The Balaban J connectivity index is 3.28. The molecule has 0 saturated carbocycles. The number of allylic oxidation sites excluding steroid dienone is 6. The maximum Gasteiger partial charge on any atom is 0.219 e. The standard InChI is InChI=1S/C21H36NO/c1-3-5-6-7-8-9-10-11-12-13-14-15-16-17-18-19-21(23)22-20-4-2/h5-6,8-9,11-12H,2-4,7,10,13-20H2,1H3,(H,22,23)/b6-5-,9-8-,12-11-. The van der Waals surface area contributed by atoms with Crippen LogP contribution in [0.2, 0.25) is 0 Å². The van der Waals surface area contributed by atoms with Crippen molar-refractivity contribution in [1.82, 2.24) is 5.32 Å². The first-order chi connectivity index (χ1) is 11.3. The van der Waals surface area contributed by atoms with Crippen molar-refractivity contribution >= 4 is 5.91 Å². The van der Waals surface area contributed by atoms with Crippen LogP contribution >= 0.6 is 0 Å². The van der Waals surface area contributed by atoms with E-state index >= 15 is 0 Å². The molecule has 0 aliphatic carbocycles. The van der Waals surface area contributed by atoms with Gasteiger partial charge in [0.25, 0.3) is 0 Å². The Kier molecular flexibility index (Phi) is 17.7. The summed E-state index contributed by atoms with van der Waals surface area (Å²) in [6, 6.07) is 0. The normalized spacial score (nSPS) is 11.9. The topological polar surface area (TPSA) is 29.1 Å². The molecule has 0 saturated heterocycles. The monoisotopic (exact) mass is 318 g/mol. The number of nitrogens with one attached hydrogen (secondary N) is 1. The Morgan fingerprint density at radius 3 is 2.17 bits per heavy atom. The highest BCUT2D eigenvalue weighted by molar-refractivity contribution is 5.75. The molecule has 1 amide bonds. The predicted molar refractivity (Wildman–Crippen MR) is 102 cm³/mol. The van der Waals surface area contributed by atoms with Crippen LogP contribution in [0.25, 0.3) is 0 Å². The molecular formula is C21H36NO. The zero-order valence-electron chi connectivity index (χ0n) is 15.1. The molecule has 2 heteroatoms. The summed E-state index contributed by atoms with van der Waals surface area (Å²) in [7, 11) is 0. The Hall–Kier alpha value is -1.31. The first-order valence-electron chi connectivity index (χ1n) is 9.32. The second-order valence-corrected chi connectivity index (χ2v) is 5.80. The van der Waals surface area contributed by atoms with Gasteiger partial charge in [-0.2, -0.15) is 0 Å². The largest absolute Gasteiger partial charge is 0.356 e. The maximum absolute atomic E-state index is 11.4. The first kappa shape index (κ1) is 21.7. The molecule has 2 nitrogen and oxygen atoms in total. The fourth-order valence-electron chi connectivity index (χ4n) is 2.22. The van der Waals surface area contributed by atoms with Crippen molar-refractivity contribution in [2.24, 2.45) is 0 Å². The molecular weight excluding hydrogens is 282 g/mol. The molecule has 0 fully saturated rings. The zero-order valence-corrected chi connectivity index (χ0v) is 15.1. The van der Waals surface area contributed by atoms with E-state index < -0.39 is 0 Å². The van der Waals surface area contributed by atoms with E-state index in [4.69, 9.17) is 0 Å². The van der Waals surface area contributed by atoms with Gasteiger partial charge in [0, 0.05) is 13.0 Å². The third kappa shape index (κ3) is 18.6. The van der Waals surface area contributed by atoms with Gasteiger partial charge >= 0.3 is 0 Å². The van der Waals surface area contributed by atoms with Gasteiger partial charge in [0.15, 0.2) is 0 Å². The second kappa shape index (κ2) is 18.7. The molecule has 131 valence electrons. The van der Waals surface area contributed by atoms with Crippen LogP contribution in [-0.4, -0.2) is 12.5 Å². The lowest BCUT2D eigenvalue weighted by Crippen LogP contribution is -2.23. The van der Waals surface area contributed by atoms with Crippen LogP contribution in [0.3, 0.4) is 0 Å². The quantitative estimate of drug-likeness (QED) is 0.295. The van der Waals surface area contributed by atoms with Crippen LogP contribution in [0.4, 0.5) is 0 Å². The molecule has 0 unspecified atom stereocenters. The summed E-state index contributed by atoms with van der Waals surface area (Å²) in [6.45, 7) is 6.57. The number of rotatable bonds is 15. The van der Waals surface area contributed by atoms with Crippen molar-refractivity contribution in [3.05, 3.63) is 43.4 Å². The van der Waals surface area contributed by atoms with E-state index in [1.165, 1.54) is 25.7 Å². The molecule has 0 heterocycles. The molecule has 0 aromatic carbocycles. The molecule has 0 aliphatic heterocycles. The minimum atomic E-state index is 0.176. The smallest absolute Gasteiger partial charge is 0.219 e. The lowest BCUT2D eigenvalue weighted by molar-refractivity contribution is -0.121. The van der Waals surface area contributed by atoms with Gasteiger partial charge < -0.3 is 5.32 Å². The summed E-state index contributed by atoms with van der Waals surface area (Å²) >= 11 is 0. The van der Waals surface area contributed by atoms with Crippen molar-refractivity contribution in [1.29, 1.82) is 0 Å². The van der Waals surface area contributed by atoms with Crippen LogP contribution in [0, 0.1) is 6.92 Å². The molecule has 23 heavy (non-hydrogen) atoms. The first-order valence-corrected chi connectivity index (χ1v) is 9.32. The SMILES string of the molecule is [CH2]CCNC(=O)CCCCCCC/C=C\C/C=C\C/C=C\CC. The van der Waals surface area contributed by atoms with Crippen molar-refractivity contribution in [3.63, 3.8) is 0 Å². The highest BCUT2D eigenvalue weighted by Gasteiger charge is 1.98. The molecule has 1 N–H and O–H groups in total. The van der Waals surface area contributed by atoms with Gasteiger partial charge in [0.2, 0.25) is 5.91 Å². The zero-order chi connectivity index (χ0) is 17.0. The number of hydrogen-bond acceptors (Lipinski definition) is 1. The number of unbranched alkanes of at least 4 members (excludes halogenated alkanes) is 5. The van der Waals surface area contributed by atoms with Crippen LogP contribution < -0.4 is 5.32 Å². The van der Waals surface area contributed by atoms with Crippen molar-refractivity contribution in [3.8, 4) is 0 Å². The average molecular weight is 319 g/mol. The fraction of sp³-hybridized carbons (Fsp3) is 0.619. The lowest BCUT2D eigenvalue weighted by Gasteiger charge is -2.03. The Labute approximate surface area is 144 Å². The maximum atomic E-state index is 11.4. The summed E-state index contributed by atoms with van der Waals surface area (Å²) in [5, 5.41) is 2.86. The summed E-state index contributed by atoms with van der Waals surface area (Å²) in [6.07, 6.45) is 25.2. The average Bonchev–Trinajstić information content (AvgIpc) is 2.56. The number of carbonyl (C=O) groups is 1. The third-order valence-corrected chi connectivity index (χ3v) is 3.55. The second-order valence-electron chi connectivity index (χ2n) is 5.80. The van der Waals surface area contributed by atoms with Gasteiger partial charge in [-0.1, -0.05) is 69.6 Å². The fourth-order valence-corrected chi connectivity index (χ4v) is 2.22. The van der Waals surface area contributed by atoms with E-state index in [1.807, 2.05) is 0 Å². The van der Waals surface area contributed by atoms with Crippen LogP contribution in [0.1, 0.15) is 77.6 Å². The molecule has 0 aromatic rings. The summed E-state index contributed by atoms with van der Waals surface area (Å²) in [5.74, 6) is 0.176. The van der Waals surface area contributed by atoms with Crippen molar-refractivity contribution in [2.75, 3.05) is 6.54 Å². The van der Waals surface area contributed by atoms with Crippen LogP contribution in [0.15, 0.2) is 36.5 Å². The minimum absolute atomic E-state index is 0.176. The van der Waals surface area contributed by atoms with E-state index in [9.17, 15) is 4.79 Å². The van der Waals surface area contributed by atoms with E-state index in [0.717, 1.165) is 38.5 Å². The third-order valence-electron chi connectivity index (χ3n) is 3.55. The molecule has 0 bridgehead atoms. The van der Waals surface area contributed by atoms with Gasteiger partial charge in [0.1, 0.15) is 0 Å². The van der Waals surface area contributed by atoms with E-state index in [1.54, 1.807) is 0 Å². The summed E-state index contributed by atoms with van der Waals surface area (Å²) < 4.78 is 0. The number of hydrogen-bond donors (Lipinski definition) is 1. The molecule has 0 rings (SSSR count). The minimum Gasteiger partial charge on any atom is -0.356 e. The van der Waals surface area contributed by atoms with Gasteiger partial charge in [-0.3, -0.25) is 4.79 Å². The lowest BCUT2D eigenvalue weighted by atomic mass is 10.1. The van der Waals surface area contributed by atoms with E-state index in [-0.39, 0.29) is 5.91 Å². The molecule has 0 atom stereocenters.